The van der Waals surface area contributed by atoms with E-state index in [1.807, 2.05) is 0 Å². The van der Waals surface area contributed by atoms with E-state index in [-0.39, 0.29) is 0 Å². The Labute approximate surface area is 135 Å². The first-order valence-corrected chi connectivity index (χ1v) is 10.9. The van der Waals surface area contributed by atoms with Crippen LogP contribution in [0.15, 0.2) is 34.4 Å². The Morgan fingerprint density at radius 2 is 1.26 bits per heavy atom. The minimum atomic E-state index is -0.556. The van der Waals surface area contributed by atoms with E-state index in [0.717, 1.165) is 25.7 Å². The fourth-order valence-corrected chi connectivity index (χ4v) is 1.96. The molecule has 2 aliphatic rings. The molecule has 0 aromatic rings. The molecule has 0 saturated carbocycles. The molecule has 2 rings (SSSR count). The van der Waals surface area contributed by atoms with Gasteiger partial charge in [-0.2, -0.15) is 12.2 Å². The molecule has 0 bridgehead atoms. The van der Waals surface area contributed by atoms with Gasteiger partial charge in [-0.15, -0.1) is 13.8 Å². The van der Waals surface area contributed by atoms with Gasteiger partial charge in [0.1, 0.15) is 0 Å². The molecule has 0 saturated heterocycles. The van der Waals surface area contributed by atoms with Gasteiger partial charge in [0.05, 0.1) is 0 Å². The predicted octanol–water partition coefficient (Wildman–Crippen LogP) is 6.33. The molecule has 2 aliphatic carbocycles. The van der Waals surface area contributed by atoms with Gasteiger partial charge in [0, 0.05) is 0 Å². The van der Waals surface area contributed by atoms with Gasteiger partial charge in [0.25, 0.3) is 0 Å². The first-order valence-electron chi connectivity index (χ1n) is 6.60. The van der Waals surface area contributed by atoms with Crippen LogP contribution < -0.4 is 0 Å². The van der Waals surface area contributed by atoms with Crippen molar-refractivity contribution in [3.63, 3.8) is 0 Å². The van der Waals surface area contributed by atoms with E-state index in [2.05, 4.69) is 52.0 Å². The zero-order valence-corrected chi connectivity index (χ0v) is 15.3. The molecule has 0 fully saturated rings. The number of hydrogen-bond acceptors (Lipinski definition) is 0. The fraction of sp³-hybridized carbons (Fsp3) is 0.500. The Balaban J connectivity index is 0.000000284. The minimum absolute atomic E-state index is 0.556. The molecular weight excluding hydrogens is 311 g/mol. The predicted molar refractivity (Wildman–Crippen MR) is 82.5 cm³/mol. The van der Waals surface area contributed by atoms with Crippen LogP contribution in [0.5, 0.6) is 0 Å². The van der Waals surface area contributed by atoms with Crippen molar-refractivity contribution in [2.75, 3.05) is 0 Å². The fourth-order valence-electron chi connectivity index (χ4n) is 1.96. The van der Waals surface area contributed by atoms with Gasteiger partial charge in [0.15, 0.2) is 0 Å². The molecule has 19 heavy (non-hydrogen) atoms. The number of hydrogen-bond donors (Lipinski definition) is 0. The van der Waals surface area contributed by atoms with Gasteiger partial charge < -0.3 is 0 Å². The second-order valence-corrected chi connectivity index (χ2v) is 6.98. The van der Waals surface area contributed by atoms with Crippen molar-refractivity contribution in [2.24, 2.45) is 0 Å². The molecule has 0 aromatic heterocycles. The van der Waals surface area contributed by atoms with Gasteiger partial charge >= 0.3 is 35.6 Å². The van der Waals surface area contributed by atoms with Gasteiger partial charge in [-0.1, -0.05) is 39.5 Å². The molecule has 0 amide bonds. The summed E-state index contributed by atoms with van der Waals surface area (Å²) in [5, 5.41) is 0. The zero-order valence-electron chi connectivity index (χ0n) is 12.2. The molecule has 0 nitrogen and oxygen atoms in total. The van der Waals surface area contributed by atoms with Gasteiger partial charge in [-0.3, -0.25) is 12.2 Å². The Kier molecular flexibility index (Phi) is 12.2. The van der Waals surface area contributed by atoms with Crippen LogP contribution in [0.2, 0.25) is 0 Å². The third-order valence-electron chi connectivity index (χ3n) is 3.11. The maximum absolute atomic E-state index is 4.89. The summed E-state index contributed by atoms with van der Waals surface area (Å²) in [4.78, 5) is 0. The molecule has 0 N–H and O–H groups in total. The second kappa shape index (κ2) is 12.0. The van der Waals surface area contributed by atoms with Crippen LogP contribution in [0.25, 0.3) is 0 Å². The van der Waals surface area contributed by atoms with Crippen LogP contribution >= 0.6 is 18.6 Å². The summed E-state index contributed by atoms with van der Waals surface area (Å²) in [5.74, 6) is 0. The molecule has 0 spiro atoms. The third kappa shape index (κ3) is 8.20. The van der Waals surface area contributed by atoms with Crippen LogP contribution in [-0.4, -0.2) is 0 Å². The monoisotopic (exact) mass is 332 g/mol. The topological polar surface area (TPSA) is 0 Å². The van der Waals surface area contributed by atoms with E-state index in [4.69, 9.17) is 18.6 Å². The Hall–Kier alpha value is 0.254. The van der Waals surface area contributed by atoms with E-state index in [1.54, 1.807) is 0 Å². The van der Waals surface area contributed by atoms with Gasteiger partial charge in [-0.25, -0.2) is 22.3 Å². The zero-order chi connectivity index (χ0) is 14.7. The van der Waals surface area contributed by atoms with Crippen molar-refractivity contribution in [3.05, 3.63) is 46.6 Å². The van der Waals surface area contributed by atoms with Crippen LogP contribution in [-0.2, 0) is 17.0 Å². The van der Waals surface area contributed by atoms with Crippen molar-refractivity contribution in [1.82, 2.24) is 0 Å². The summed E-state index contributed by atoms with van der Waals surface area (Å²) in [7, 11) is 9.78. The van der Waals surface area contributed by atoms with E-state index >= 15 is 0 Å². The standard InChI is InChI=1S/2C8H11.2ClH.Ti/c2*1-3-8-6-4-5-7(8)2;;;/h2*4H,3,5H2,1-2H3;2*1H;/q2*-1;;;+2/p-2. The van der Waals surface area contributed by atoms with Crippen LogP contribution in [0.4, 0.5) is 0 Å². The SMILES string of the molecule is CCC1=C(C)CC=[C-]1.CCC1=C(C)CC=[C-]1.[Cl][Ti][Cl]. The first-order chi connectivity index (χ1) is 9.10. The molecule has 0 atom stereocenters. The van der Waals surface area contributed by atoms with Crippen LogP contribution in [0.3, 0.4) is 0 Å². The molecule has 0 heterocycles. The summed E-state index contributed by atoms with van der Waals surface area (Å²) >= 11 is -0.556. The summed E-state index contributed by atoms with van der Waals surface area (Å²) in [6.07, 6.45) is 15.2. The summed E-state index contributed by atoms with van der Waals surface area (Å²) in [6.45, 7) is 8.70. The van der Waals surface area contributed by atoms with Crippen molar-refractivity contribution in [3.8, 4) is 0 Å². The second-order valence-electron chi connectivity index (χ2n) is 4.40. The summed E-state index contributed by atoms with van der Waals surface area (Å²) in [5.41, 5.74) is 5.80. The van der Waals surface area contributed by atoms with E-state index < -0.39 is 17.0 Å². The van der Waals surface area contributed by atoms with Crippen LogP contribution in [0.1, 0.15) is 53.4 Å². The number of halogens is 2. The quantitative estimate of drug-likeness (QED) is 0.409. The first kappa shape index (κ1) is 19.3. The molecule has 0 aromatic carbocycles. The molecular formula is C16H22Cl2Ti-2. The third-order valence-corrected chi connectivity index (χ3v) is 3.11. The van der Waals surface area contributed by atoms with Crippen LogP contribution in [0, 0.1) is 12.2 Å². The van der Waals surface area contributed by atoms with E-state index in [9.17, 15) is 0 Å². The average molecular weight is 333 g/mol. The Bertz CT molecular complexity index is 340. The normalized spacial score (nSPS) is 16.1. The summed E-state index contributed by atoms with van der Waals surface area (Å²) in [6, 6.07) is 0. The van der Waals surface area contributed by atoms with Crippen molar-refractivity contribution < 1.29 is 17.0 Å². The van der Waals surface area contributed by atoms with Gasteiger partial charge in [0.2, 0.25) is 0 Å². The summed E-state index contributed by atoms with van der Waals surface area (Å²) < 4.78 is 0. The van der Waals surface area contributed by atoms with Crippen molar-refractivity contribution >= 4 is 18.6 Å². The molecule has 0 unspecified atom stereocenters. The molecule has 0 radical (unpaired) electrons. The Morgan fingerprint density at radius 1 is 0.947 bits per heavy atom. The van der Waals surface area contributed by atoms with Crippen molar-refractivity contribution in [2.45, 2.75) is 53.4 Å². The van der Waals surface area contributed by atoms with Crippen molar-refractivity contribution in [1.29, 1.82) is 0 Å². The van der Waals surface area contributed by atoms with E-state index in [0.29, 0.717) is 0 Å². The molecule has 106 valence electrons. The molecule has 3 heteroatoms. The Morgan fingerprint density at radius 3 is 1.37 bits per heavy atom. The number of rotatable bonds is 2. The number of allylic oxidation sites excluding steroid dienone is 8. The molecule has 0 aliphatic heterocycles. The average Bonchev–Trinajstić information content (AvgIpc) is 2.99. The maximum atomic E-state index is 4.89. The van der Waals surface area contributed by atoms with E-state index in [1.165, 1.54) is 22.3 Å². The van der Waals surface area contributed by atoms with Gasteiger partial charge in [-0.05, 0) is 0 Å².